The van der Waals surface area contributed by atoms with Gasteiger partial charge in [-0.25, -0.2) is 8.78 Å². The summed E-state index contributed by atoms with van der Waals surface area (Å²) >= 11 is 0. The Morgan fingerprint density at radius 3 is 2.45 bits per heavy atom. The fourth-order valence-electron chi connectivity index (χ4n) is 0.884. The Kier molecular flexibility index (Phi) is 2.08. The van der Waals surface area contributed by atoms with Gasteiger partial charge in [-0.1, -0.05) is 6.92 Å². The molecule has 3 heteroatoms. The highest BCUT2D eigenvalue weighted by Crippen LogP contribution is 2.16. The Bertz CT molecular complexity index is 271. The SMILES string of the molecule is CCc1cc(N)c(F)cc1F. The Morgan fingerprint density at radius 2 is 1.91 bits per heavy atom. The summed E-state index contributed by atoms with van der Waals surface area (Å²) in [6, 6.07) is 2.14. The Morgan fingerprint density at radius 1 is 1.27 bits per heavy atom. The van der Waals surface area contributed by atoms with Crippen LogP contribution < -0.4 is 5.73 Å². The van der Waals surface area contributed by atoms with Crippen molar-refractivity contribution in [1.82, 2.24) is 0 Å². The van der Waals surface area contributed by atoms with E-state index in [9.17, 15) is 8.78 Å². The van der Waals surface area contributed by atoms with Gasteiger partial charge in [0.1, 0.15) is 11.6 Å². The molecule has 0 atom stereocenters. The van der Waals surface area contributed by atoms with Gasteiger partial charge in [0.25, 0.3) is 0 Å². The molecular formula is C8H9F2N. The number of nitrogens with two attached hydrogens (primary N) is 1. The van der Waals surface area contributed by atoms with Crippen LogP contribution in [0.3, 0.4) is 0 Å². The van der Waals surface area contributed by atoms with Crippen molar-refractivity contribution < 1.29 is 8.78 Å². The van der Waals surface area contributed by atoms with Crippen molar-refractivity contribution in [2.75, 3.05) is 5.73 Å². The van der Waals surface area contributed by atoms with Crippen molar-refractivity contribution in [2.45, 2.75) is 13.3 Å². The number of aryl methyl sites for hydroxylation is 1. The lowest BCUT2D eigenvalue weighted by molar-refractivity contribution is 0.576. The van der Waals surface area contributed by atoms with Crippen molar-refractivity contribution in [1.29, 1.82) is 0 Å². The highest BCUT2D eigenvalue weighted by Gasteiger charge is 2.04. The van der Waals surface area contributed by atoms with Crippen molar-refractivity contribution in [3.05, 3.63) is 29.3 Å². The highest BCUT2D eigenvalue weighted by atomic mass is 19.1. The van der Waals surface area contributed by atoms with E-state index in [1.807, 2.05) is 0 Å². The minimum absolute atomic E-state index is 0.00301. The van der Waals surface area contributed by atoms with E-state index >= 15 is 0 Å². The molecule has 0 fully saturated rings. The monoisotopic (exact) mass is 157 g/mol. The van der Waals surface area contributed by atoms with Gasteiger partial charge in [0, 0.05) is 6.07 Å². The summed E-state index contributed by atoms with van der Waals surface area (Å²) in [5.41, 5.74) is 5.67. The van der Waals surface area contributed by atoms with E-state index in [4.69, 9.17) is 5.73 Å². The number of hydrogen-bond acceptors (Lipinski definition) is 1. The molecule has 0 aliphatic heterocycles. The molecule has 1 aromatic carbocycles. The smallest absolute Gasteiger partial charge is 0.149 e. The molecule has 2 N–H and O–H groups in total. The van der Waals surface area contributed by atoms with Crippen LogP contribution >= 0.6 is 0 Å². The van der Waals surface area contributed by atoms with Crippen molar-refractivity contribution >= 4 is 5.69 Å². The van der Waals surface area contributed by atoms with Gasteiger partial charge >= 0.3 is 0 Å². The summed E-state index contributed by atoms with van der Waals surface area (Å²) in [6.45, 7) is 1.79. The Labute approximate surface area is 63.8 Å². The fourth-order valence-corrected chi connectivity index (χ4v) is 0.884. The topological polar surface area (TPSA) is 26.0 Å². The Balaban J connectivity index is 3.21. The molecule has 1 nitrogen and oxygen atoms in total. The standard InChI is InChI=1S/C8H9F2N/c1-2-5-3-8(11)7(10)4-6(5)9/h3-4H,2,11H2,1H3. The summed E-state index contributed by atoms with van der Waals surface area (Å²) in [5, 5.41) is 0. The number of halogens is 2. The highest BCUT2D eigenvalue weighted by molar-refractivity contribution is 5.43. The largest absolute Gasteiger partial charge is 0.396 e. The second-order valence-electron chi connectivity index (χ2n) is 2.32. The molecule has 0 spiro atoms. The molecule has 0 unspecified atom stereocenters. The summed E-state index contributed by atoms with van der Waals surface area (Å²) in [4.78, 5) is 0. The first-order chi connectivity index (χ1) is 5.15. The van der Waals surface area contributed by atoms with Crippen molar-refractivity contribution in [3.8, 4) is 0 Å². The maximum absolute atomic E-state index is 12.7. The van der Waals surface area contributed by atoms with Crippen LogP contribution in [0.4, 0.5) is 14.5 Å². The number of anilines is 1. The van der Waals surface area contributed by atoms with Crippen molar-refractivity contribution in [3.63, 3.8) is 0 Å². The molecule has 1 rings (SSSR count). The summed E-state index contributed by atoms with van der Waals surface area (Å²) in [5.74, 6) is -1.22. The zero-order valence-corrected chi connectivity index (χ0v) is 6.20. The van der Waals surface area contributed by atoms with E-state index in [1.54, 1.807) is 6.92 Å². The molecule has 1 aromatic rings. The van der Waals surface area contributed by atoms with E-state index in [-0.39, 0.29) is 5.69 Å². The first kappa shape index (κ1) is 7.98. The Hall–Kier alpha value is -1.12. The van der Waals surface area contributed by atoms with Crippen LogP contribution in [0.15, 0.2) is 12.1 Å². The van der Waals surface area contributed by atoms with Gasteiger partial charge in [-0.3, -0.25) is 0 Å². The molecule has 0 radical (unpaired) electrons. The molecule has 0 aliphatic rings. The number of rotatable bonds is 1. The minimum atomic E-state index is -0.695. The van der Waals surface area contributed by atoms with Crippen LogP contribution in [-0.4, -0.2) is 0 Å². The van der Waals surface area contributed by atoms with Crippen LogP contribution in [0, 0.1) is 11.6 Å². The molecular weight excluding hydrogens is 148 g/mol. The number of nitrogen functional groups attached to an aromatic ring is 1. The lowest BCUT2D eigenvalue weighted by Crippen LogP contribution is -1.96. The minimum Gasteiger partial charge on any atom is -0.396 e. The van der Waals surface area contributed by atoms with Crippen LogP contribution in [0.2, 0.25) is 0 Å². The summed E-state index contributed by atoms with van der Waals surface area (Å²) in [6.07, 6.45) is 0.524. The van der Waals surface area contributed by atoms with Crippen LogP contribution in [-0.2, 0) is 6.42 Å². The second kappa shape index (κ2) is 2.86. The molecule has 0 aromatic heterocycles. The lowest BCUT2D eigenvalue weighted by atomic mass is 10.1. The van der Waals surface area contributed by atoms with E-state index in [1.165, 1.54) is 6.07 Å². The zero-order valence-electron chi connectivity index (χ0n) is 6.20. The third-order valence-electron chi connectivity index (χ3n) is 1.55. The summed E-state index contributed by atoms with van der Waals surface area (Å²) < 4.78 is 25.3. The predicted octanol–water partition coefficient (Wildman–Crippen LogP) is 2.11. The molecule has 0 saturated carbocycles. The van der Waals surface area contributed by atoms with Crippen LogP contribution in [0.5, 0.6) is 0 Å². The van der Waals surface area contributed by atoms with E-state index in [0.717, 1.165) is 6.07 Å². The van der Waals surface area contributed by atoms with Gasteiger partial charge in [-0.15, -0.1) is 0 Å². The van der Waals surface area contributed by atoms with E-state index in [0.29, 0.717) is 12.0 Å². The summed E-state index contributed by atoms with van der Waals surface area (Å²) in [7, 11) is 0. The van der Waals surface area contributed by atoms with Gasteiger partial charge in [0.2, 0.25) is 0 Å². The van der Waals surface area contributed by atoms with Gasteiger partial charge < -0.3 is 5.73 Å². The van der Waals surface area contributed by atoms with Crippen LogP contribution in [0.1, 0.15) is 12.5 Å². The first-order valence-corrected chi connectivity index (χ1v) is 3.38. The molecule has 0 aliphatic carbocycles. The second-order valence-corrected chi connectivity index (χ2v) is 2.32. The van der Waals surface area contributed by atoms with Gasteiger partial charge in [-0.05, 0) is 18.1 Å². The van der Waals surface area contributed by atoms with E-state index < -0.39 is 11.6 Å². The number of benzene rings is 1. The maximum atomic E-state index is 12.7. The normalized spacial score (nSPS) is 10.1. The lowest BCUT2D eigenvalue weighted by Gasteiger charge is -2.01. The maximum Gasteiger partial charge on any atom is 0.149 e. The van der Waals surface area contributed by atoms with E-state index in [2.05, 4.69) is 0 Å². The molecule has 0 heterocycles. The average molecular weight is 157 g/mol. The zero-order chi connectivity index (χ0) is 8.43. The van der Waals surface area contributed by atoms with Crippen molar-refractivity contribution in [2.24, 2.45) is 0 Å². The molecule has 0 saturated heterocycles. The predicted molar refractivity (Wildman–Crippen MR) is 40.1 cm³/mol. The van der Waals surface area contributed by atoms with Gasteiger partial charge in [0.15, 0.2) is 0 Å². The molecule has 60 valence electrons. The number of hydrogen-bond donors (Lipinski definition) is 1. The quantitative estimate of drug-likeness (QED) is 0.621. The first-order valence-electron chi connectivity index (χ1n) is 3.38. The third kappa shape index (κ3) is 1.48. The fraction of sp³-hybridized carbons (Fsp3) is 0.250. The average Bonchev–Trinajstić information content (AvgIpc) is 1.97. The third-order valence-corrected chi connectivity index (χ3v) is 1.55. The van der Waals surface area contributed by atoms with Gasteiger partial charge in [-0.2, -0.15) is 0 Å². The molecule has 0 amide bonds. The molecule has 0 bridgehead atoms. The van der Waals surface area contributed by atoms with Crippen LogP contribution in [0.25, 0.3) is 0 Å². The van der Waals surface area contributed by atoms with Gasteiger partial charge in [0.05, 0.1) is 5.69 Å². The molecule has 11 heavy (non-hydrogen) atoms.